The highest BCUT2D eigenvalue weighted by Gasteiger charge is 2.06. The lowest BCUT2D eigenvalue weighted by molar-refractivity contribution is 0.0987. The number of rotatable bonds is 2. The van der Waals surface area contributed by atoms with Crippen molar-refractivity contribution in [1.82, 2.24) is 4.98 Å². The summed E-state index contributed by atoms with van der Waals surface area (Å²) in [4.78, 5) is 14.3. The van der Waals surface area contributed by atoms with E-state index >= 15 is 0 Å². The fourth-order valence-electron chi connectivity index (χ4n) is 0.418. The number of halogens is 1. The third kappa shape index (κ3) is 1.38. The van der Waals surface area contributed by atoms with Crippen molar-refractivity contribution in [3.8, 4) is 0 Å². The summed E-state index contributed by atoms with van der Waals surface area (Å²) in [5, 5.41) is 0.257. The summed E-state index contributed by atoms with van der Waals surface area (Å²) in [7, 11) is 0. The number of aromatic nitrogens is 1. The van der Waals surface area contributed by atoms with Crippen molar-refractivity contribution in [2.45, 2.75) is 0 Å². The predicted molar refractivity (Wildman–Crippen MR) is 34.6 cm³/mol. The van der Waals surface area contributed by atoms with Crippen molar-refractivity contribution in [1.29, 1.82) is 0 Å². The normalized spacial score (nSPS) is 9.44. The van der Waals surface area contributed by atoms with Crippen LogP contribution in [-0.4, -0.2) is 16.1 Å². The van der Waals surface area contributed by atoms with Crippen LogP contribution in [0.3, 0.4) is 0 Å². The quantitative estimate of drug-likeness (QED) is 0.520. The minimum Gasteiger partial charge on any atom is -0.442 e. The number of ketones is 1. The van der Waals surface area contributed by atoms with Crippen LogP contribution in [0.4, 0.5) is 0 Å². The molecule has 0 saturated heterocycles. The Balaban J connectivity index is 2.77. The molecule has 3 nitrogen and oxygen atoms in total. The fourth-order valence-corrected chi connectivity index (χ4v) is 0.658. The molecule has 0 amide bonds. The van der Waals surface area contributed by atoms with Crippen LogP contribution < -0.4 is 0 Å². The second-order valence-corrected chi connectivity index (χ2v) is 1.95. The molecule has 0 spiro atoms. The van der Waals surface area contributed by atoms with Gasteiger partial charge < -0.3 is 4.42 Å². The fraction of sp³-hybridized carbons (Fsp3) is 0.200. The van der Waals surface area contributed by atoms with Crippen molar-refractivity contribution in [3.05, 3.63) is 18.4 Å². The lowest BCUT2D eigenvalue weighted by Gasteiger charge is -1.83. The van der Waals surface area contributed by atoms with Crippen LogP contribution in [0.15, 0.2) is 16.9 Å². The van der Waals surface area contributed by atoms with Gasteiger partial charge in [0.15, 0.2) is 0 Å². The first-order valence-corrected chi connectivity index (χ1v) is 3.45. The molecule has 48 valence electrons. The molecule has 1 rings (SSSR count). The molecule has 9 heavy (non-hydrogen) atoms. The van der Waals surface area contributed by atoms with Crippen molar-refractivity contribution in [2.24, 2.45) is 0 Å². The van der Waals surface area contributed by atoms with Gasteiger partial charge in [-0.1, -0.05) is 15.9 Å². The number of carbonyl (C=O) groups excluding carboxylic acids is 1. The van der Waals surface area contributed by atoms with E-state index in [0.29, 0.717) is 0 Å². The average Bonchev–Trinajstić information content (AvgIpc) is 2.37. The molecule has 0 aliphatic heterocycles. The highest BCUT2D eigenvalue weighted by Crippen LogP contribution is 1.97. The van der Waals surface area contributed by atoms with Gasteiger partial charge >= 0.3 is 0 Å². The Labute approximate surface area is 60.2 Å². The summed E-state index contributed by atoms with van der Waals surface area (Å²) in [6, 6.07) is 0. The van der Waals surface area contributed by atoms with E-state index in [1.807, 2.05) is 0 Å². The van der Waals surface area contributed by atoms with Gasteiger partial charge in [-0.2, -0.15) is 0 Å². The third-order valence-corrected chi connectivity index (χ3v) is 1.30. The molecule has 1 heterocycles. The molecular formula is C5H4BrNO2. The molecule has 4 heteroatoms. The predicted octanol–water partition coefficient (Wildman–Crippen LogP) is 1.25. The monoisotopic (exact) mass is 189 g/mol. The van der Waals surface area contributed by atoms with E-state index in [0.717, 1.165) is 0 Å². The van der Waals surface area contributed by atoms with E-state index in [9.17, 15) is 4.79 Å². The van der Waals surface area contributed by atoms with Gasteiger partial charge in [-0.15, -0.1) is 0 Å². The van der Waals surface area contributed by atoms with Crippen LogP contribution in [-0.2, 0) is 0 Å². The minimum atomic E-state index is -0.139. The lowest BCUT2D eigenvalue weighted by atomic mass is 10.5. The number of hydrogen-bond donors (Lipinski definition) is 0. The summed E-state index contributed by atoms with van der Waals surface area (Å²) in [6.07, 6.45) is 2.81. The Bertz CT molecular complexity index is 195. The molecule has 0 saturated carbocycles. The second-order valence-electron chi connectivity index (χ2n) is 1.39. The number of carbonyl (C=O) groups is 1. The van der Waals surface area contributed by atoms with Gasteiger partial charge in [0.05, 0.1) is 11.5 Å². The number of alkyl halides is 1. The van der Waals surface area contributed by atoms with Crippen molar-refractivity contribution >= 4 is 21.7 Å². The Morgan fingerprint density at radius 2 is 2.67 bits per heavy atom. The smallest absolute Gasteiger partial charge is 0.263 e. The zero-order valence-electron chi connectivity index (χ0n) is 4.50. The summed E-state index contributed by atoms with van der Waals surface area (Å²) < 4.78 is 4.70. The van der Waals surface area contributed by atoms with E-state index in [1.165, 1.54) is 12.5 Å². The van der Waals surface area contributed by atoms with Gasteiger partial charge in [0.1, 0.15) is 6.26 Å². The SMILES string of the molecule is O=C(CBr)c1ncco1. The maximum Gasteiger partial charge on any atom is 0.263 e. The van der Waals surface area contributed by atoms with Crippen LogP contribution in [0, 0.1) is 0 Å². The molecule has 0 fully saturated rings. The lowest BCUT2D eigenvalue weighted by Crippen LogP contribution is -1.98. The van der Waals surface area contributed by atoms with Gasteiger partial charge in [0, 0.05) is 0 Å². The van der Waals surface area contributed by atoms with E-state index < -0.39 is 0 Å². The van der Waals surface area contributed by atoms with Crippen LogP contribution in [0.2, 0.25) is 0 Å². The van der Waals surface area contributed by atoms with Crippen LogP contribution >= 0.6 is 15.9 Å². The molecular weight excluding hydrogens is 186 g/mol. The molecule has 1 aromatic rings. The molecule has 0 radical (unpaired) electrons. The Morgan fingerprint density at radius 3 is 3.11 bits per heavy atom. The molecule has 0 N–H and O–H groups in total. The van der Waals surface area contributed by atoms with E-state index in [4.69, 9.17) is 4.42 Å². The molecule has 0 unspecified atom stereocenters. The third-order valence-electron chi connectivity index (χ3n) is 0.792. The Hall–Kier alpha value is -0.640. The summed E-state index contributed by atoms with van der Waals surface area (Å²) >= 11 is 2.99. The number of Topliss-reactive ketones (excluding diaryl/α,β-unsaturated/α-hetero) is 1. The van der Waals surface area contributed by atoms with Crippen molar-refractivity contribution in [3.63, 3.8) is 0 Å². The van der Waals surface area contributed by atoms with Gasteiger partial charge in [-0.3, -0.25) is 4.79 Å². The van der Waals surface area contributed by atoms with Crippen LogP contribution in [0.1, 0.15) is 10.7 Å². The highest BCUT2D eigenvalue weighted by atomic mass is 79.9. The maximum absolute atomic E-state index is 10.7. The topological polar surface area (TPSA) is 43.1 Å². The number of oxazole rings is 1. The van der Waals surface area contributed by atoms with Gasteiger partial charge in [-0.25, -0.2) is 4.98 Å². The highest BCUT2D eigenvalue weighted by molar-refractivity contribution is 9.09. The zero-order chi connectivity index (χ0) is 6.69. The van der Waals surface area contributed by atoms with E-state index in [2.05, 4.69) is 20.9 Å². The van der Waals surface area contributed by atoms with Gasteiger partial charge in [-0.05, 0) is 0 Å². The minimum absolute atomic E-state index is 0.139. The largest absolute Gasteiger partial charge is 0.442 e. The average molecular weight is 190 g/mol. The van der Waals surface area contributed by atoms with Crippen molar-refractivity contribution in [2.75, 3.05) is 5.33 Å². The first kappa shape index (κ1) is 6.48. The van der Waals surface area contributed by atoms with E-state index in [-0.39, 0.29) is 17.0 Å². The number of nitrogens with zero attached hydrogens (tertiary/aromatic N) is 1. The molecule has 0 aliphatic carbocycles. The molecule has 1 aromatic heterocycles. The van der Waals surface area contributed by atoms with E-state index in [1.54, 1.807) is 0 Å². The standard InChI is InChI=1S/C5H4BrNO2/c6-3-4(8)5-7-1-2-9-5/h1-2H,3H2. The number of hydrogen-bond acceptors (Lipinski definition) is 3. The molecule has 0 aliphatic rings. The van der Waals surface area contributed by atoms with Crippen LogP contribution in [0.25, 0.3) is 0 Å². The molecule has 0 atom stereocenters. The van der Waals surface area contributed by atoms with Gasteiger partial charge in [0.2, 0.25) is 5.78 Å². The van der Waals surface area contributed by atoms with Crippen LogP contribution in [0.5, 0.6) is 0 Å². The van der Waals surface area contributed by atoms with Gasteiger partial charge in [0.25, 0.3) is 5.89 Å². The summed E-state index contributed by atoms with van der Waals surface area (Å²) in [6.45, 7) is 0. The molecule has 0 aromatic carbocycles. The summed E-state index contributed by atoms with van der Waals surface area (Å²) in [5.41, 5.74) is 0. The summed E-state index contributed by atoms with van der Waals surface area (Å²) in [5.74, 6) is 0.0203. The Morgan fingerprint density at radius 1 is 1.89 bits per heavy atom. The Kier molecular flexibility index (Phi) is 2.00. The zero-order valence-corrected chi connectivity index (χ0v) is 6.09. The maximum atomic E-state index is 10.7. The van der Waals surface area contributed by atoms with Crippen molar-refractivity contribution < 1.29 is 9.21 Å². The molecule has 0 bridgehead atoms. The first-order valence-electron chi connectivity index (χ1n) is 2.33. The second kappa shape index (κ2) is 2.77. The first-order chi connectivity index (χ1) is 4.34.